The maximum atomic E-state index is 13.0. The number of nitrogens with zero attached hydrogens (tertiary/aromatic N) is 2. The second kappa shape index (κ2) is 9.08. The molecular weight excluding hydrogens is 470 g/mol. The van der Waals surface area contributed by atoms with Gasteiger partial charge in [0.15, 0.2) is 11.5 Å². The summed E-state index contributed by atoms with van der Waals surface area (Å²) < 4.78 is 12.0. The Kier molecular flexibility index (Phi) is 6.16. The van der Waals surface area contributed by atoms with Crippen molar-refractivity contribution >= 4 is 23.4 Å². The van der Waals surface area contributed by atoms with Crippen molar-refractivity contribution in [3.63, 3.8) is 0 Å². The Morgan fingerprint density at radius 2 is 1.86 bits per heavy atom. The summed E-state index contributed by atoms with van der Waals surface area (Å²) in [5.74, 6) is 1.26. The molecule has 0 atom stereocenters. The molecule has 5 rings (SSSR count). The van der Waals surface area contributed by atoms with Gasteiger partial charge in [0.2, 0.25) is 5.91 Å². The first-order valence-corrected chi connectivity index (χ1v) is 12.9. The van der Waals surface area contributed by atoms with Crippen LogP contribution in [0.25, 0.3) is 0 Å². The van der Waals surface area contributed by atoms with E-state index >= 15 is 0 Å². The summed E-state index contributed by atoms with van der Waals surface area (Å²) in [6.45, 7) is 9.18. The molecule has 3 aliphatic heterocycles. The predicted molar refractivity (Wildman–Crippen MR) is 142 cm³/mol. The minimum atomic E-state index is -0.930. The number of hydrogen-bond donors (Lipinski definition) is 2. The fourth-order valence-corrected chi connectivity index (χ4v) is 5.75. The summed E-state index contributed by atoms with van der Waals surface area (Å²) in [6, 6.07) is 9.91. The zero-order valence-corrected chi connectivity index (χ0v) is 22.2. The van der Waals surface area contributed by atoms with Crippen molar-refractivity contribution in [1.29, 1.82) is 0 Å². The van der Waals surface area contributed by atoms with Crippen LogP contribution < -0.4 is 14.8 Å². The summed E-state index contributed by atoms with van der Waals surface area (Å²) in [7, 11) is 1.68. The Morgan fingerprint density at radius 3 is 2.54 bits per heavy atom. The number of aliphatic imine (C=N–C) groups is 1. The quantitative estimate of drug-likeness (QED) is 0.615. The average molecular weight is 506 g/mol. The molecule has 0 radical (unpaired) electrons. The molecule has 0 bridgehead atoms. The van der Waals surface area contributed by atoms with Crippen molar-refractivity contribution in [2.75, 3.05) is 25.5 Å². The third kappa shape index (κ3) is 4.89. The van der Waals surface area contributed by atoms with Crippen molar-refractivity contribution in [2.45, 2.75) is 64.5 Å². The fraction of sp³-hybridized carbons (Fsp3) is 0.483. The Balaban J connectivity index is 1.47. The molecular formula is C29H35N3O5. The van der Waals surface area contributed by atoms with Gasteiger partial charge >= 0.3 is 6.09 Å². The van der Waals surface area contributed by atoms with Gasteiger partial charge in [-0.05, 0) is 70.7 Å². The number of methoxy groups -OCH3 is 1. The highest BCUT2D eigenvalue weighted by Gasteiger charge is 2.39. The molecule has 0 spiro atoms. The molecule has 2 aromatic carbocycles. The van der Waals surface area contributed by atoms with Crippen LogP contribution >= 0.6 is 0 Å². The van der Waals surface area contributed by atoms with E-state index in [1.54, 1.807) is 7.11 Å². The number of rotatable bonds is 4. The van der Waals surface area contributed by atoms with Crippen LogP contribution in [0.4, 0.5) is 10.5 Å². The molecule has 2 amide bonds. The van der Waals surface area contributed by atoms with E-state index in [0.29, 0.717) is 31.6 Å². The third-order valence-corrected chi connectivity index (χ3v) is 7.44. The highest BCUT2D eigenvalue weighted by atomic mass is 16.5. The number of carbonyl (C=O) groups excluding carboxylic acids is 1. The number of hydrogen-bond acceptors (Lipinski definition) is 5. The SMILES string of the molecule is COc1cc2c(c3c1OC(C)(C)C3)C(c1cccc(NC(=O)C3CCN(C(=O)O)CC3)c1)=NC(C)(C)C2. The highest BCUT2D eigenvalue weighted by Crippen LogP contribution is 2.48. The van der Waals surface area contributed by atoms with E-state index in [1.807, 2.05) is 24.3 Å². The zero-order chi connectivity index (χ0) is 26.5. The lowest BCUT2D eigenvalue weighted by Crippen LogP contribution is -2.40. The van der Waals surface area contributed by atoms with Gasteiger partial charge in [0, 0.05) is 47.8 Å². The molecule has 1 fully saturated rings. The monoisotopic (exact) mass is 505 g/mol. The number of piperidine rings is 1. The van der Waals surface area contributed by atoms with Crippen molar-refractivity contribution in [1.82, 2.24) is 4.90 Å². The van der Waals surface area contributed by atoms with E-state index < -0.39 is 6.09 Å². The second-order valence-electron chi connectivity index (χ2n) is 11.5. The number of ether oxygens (including phenoxy) is 2. The molecule has 37 heavy (non-hydrogen) atoms. The van der Waals surface area contributed by atoms with E-state index in [4.69, 9.17) is 14.5 Å². The normalized spacial score (nSPS) is 19.8. The first-order valence-electron chi connectivity index (χ1n) is 12.9. The molecule has 0 aliphatic carbocycles. The van der Waals surface area contributed by atoms with Gasteiger partial charge < -0.3 is 24.8 Å². The molecule has 8 heteroatoms. The Hall–Kier alpha value is -3.55. The number of amides is 2. The van der Waals surface area contributed by atoms with E-state index in [9.17, 15) is 14.7 Å². The first-order chi connectivity index (χ1) is 17.5. The molecule has 196 valence electrons. The van der Waals surface area contributed by atoms with Gasteiger partial charge in [0.05, 0.1) is 18.4 Å². The van der Waals surface area contributed by atoms with Gasteiger partial charge in [-0.3, -0.25) is 9.79 Å². The lowest BCUT2D eigenvalue weighted by Gasteiger charge is -2.31. The fourth-order valence-electron chi connectivity index (χ4n) is 5.75. The van der Waals surface area contributed by atoms with Gasteiger partial charge in [0.25, 0.3) is 0 Å². The molecule has 3 aliphatic rings. The number of likely N-dealkylation sites (tertiary alicyclic amines) is 1. The lowest BCUT2D eigenvalue weighted by atomic mass is 9.81. The third-order valence-electron chi connectivity index (χ3n) is 7.44. The molecule has 2 N–H and O–H groups in total. The molecule has 8 nitrogen and oxygen atoms in total. The maximum Gasteiger partial charge on any atom is 0.407 e. The summed E-state index contributed by atoms with van der Waals surface area (Å²) in [6.07, 6.45) is 1.67. The number of carboxylic acid groups (broad SMARTS) is 1. The van der Waals surface area contributed by atoms with E-state index in [0.717, 1.165) is 46.7 Å². The lowest BCUT2D eigenvalue weighted by molar-refractivity contribution is -0.121. The van der Waals surface area contributed by atoms with Crippen LogP contribution in [0.3, 0.4) is 0 Å². The molecule has 2 aromatic rings. The van der Waals surface area contributed by atoms with Crippen LogP contribution in [-0.2, 0) is 17.6 Å². The van der Waals surface area contributed by atoms with Crippen molar-refractivity contribution in [2.24, 2.45) is 10.9 Å². The number of carbonyl (C=O) groups is 2. The highest BCUT2D eigenvalue weighted by molar-refractivity contribution is 6.16. The number of nitrogens with one attached hydrogen (secondary N) is 1. The Bertz CT molecular complexity index is 1290. The summed E-state index contributed by atoms with van der Waals surface area (Å²) >= 11 is 0. The summed E-state index contributed by atoms with van der Waals surface area (Å²) in [5, 5.41) is 12.2. The molecule has 1 saturated heterocycles. The van der Waals surface area contributed by atoms with Gasteiger partial charge in [-0.25, -0.2) is 4.79 Å². The van der Waals surface area contributed by atoms with Crippen LogP contribution in [0.2, 0.25) is 0 Å². The van der Waals surface area contributed by atoms with Crippen LogP contribution in [0.1, 0.15) is 62.8 Å². The van der Waals surface area contributed by atoms with Crippen molar-refractivity contribution < 1.29 is 24.2 Å². The predicted octanol–water partition coefficient (Wildman–Crippen LogP) is 4.91. The van der Waals surface area contributed by atoms with Gasteiger partial charge in [-0.2, -0.15) is 0 Å². The van der Waals surface area contributed by atoms with Gasteiger partial charge in [-0.15, -0.1) is 0 Å². The van der Waals surface area contributed by atoms with Crippen molar-refractivity contribution in [3.05, 3.63) is 52.6 Å². The standard InChI is InChI=1S/C29H35N3O5/c1-28(2)15-19-14-22(36-5)25-21(16-29(3,4)37-25)23(19)24(31-28)18-7-6-8-20(13-18)30-26(33)17-9-11-32(12-10-17)27(34)35/h6-8,13-14,17H,9-12,15-16H2,1-5H3,(H,30,33)(H,34,35). The molecule has 0 saturated carbocycles. The van der Waals surface area contributed by atoms with E-state index in [1.165, 1.54) is 10.5 Å². The van der Waals surface area contributed by atoms with Crippen molar-refractivity contribution in [3.8, 4) is 11.5 Å². The van der Waals surface area contributed by atoms with E-state index in [-0.39, 0.29) is 23.0 Å². The summed E-state index contributed by atoms with van der Waals surface area (Å²) in [5.41, 5.74) is 5.31. The molecule has 0 aromatic heterocycles. The minimum absolute atomic E-state index is 0.0747. The van der Waals surface area contributed by atoms with Crippen LogP contribution in [0.5, 0.6) is 11.5 Å². The zero-order valence-electron chi connectivity index (χ0n) is 22.2. The smallest absolute Gasteiger partial charge is 0.407 e. The van der Waals surface area contributed by atoms with Crippen LogP contribution in [-0.4, -0.2) is 59.1 Å². The van der Waals surface area contributed by atoms with Crippen LogP contribution in [0.15, 0.2) is 35.3 Å². The maximum absolute atomic E-state index is 13.0. The van der Waals surface area contributed by atoms with Gasteiger partial charge in [0.1, 0.15) is 5.60 Å². The number of anilines is 1. The minimum Gasteiger partial charge on any atom is -0.493 e. The largest absolute Gasteiger partial charge is 0.493 e. The topological polar surface area (TPSA) is 100 Å². The number of fused-ring (bicyclic) bond motifs is 3. The molecule has 0 unspecified atom stereocenters. The average Bonchev–Trinajstić information content (AvgIpc) is 3.17. The van der Waals surface area contributed by atoms with Crippen LogP contribution in [0, 0.1) is 5.92 Å². The van der Waals surface area contributed by atoms with Gasteiger partial charge in [-0.1, -0.05) is 12.1 Å². The first kappa shape index (κ1) is 25.1. The Labute approximate surface area is 217 Å². The molecule has 3 heterocycles. The van der Waals surface area contributed by atoms with E-state index in [2.05, 4.69) is 39.1 Å². The number of benzene rings is 2. The Morgan fingerprint density at radius 1 is 1.14 bits per heavy atom. The second-order valence-corrected chi connectivity index (χ2v) is 11.5. The summed E-state index contributed by atoms with van der Waals surface area (Å²) in [4.78, 5) is 30.7.